The molecular weight excluding hydrogens is 370 g/mol. The van der Waals surface area contributed by atoms with Crippen molar-refractivity contribution < 1.29 is 13.2 Å². The first-order chi connectivity index (χ1) is 12.1. The average molecular weight is 396 g/mol. The fourth-order valence-electron chi connectivity index (χ4n) is 2.32. The molecule has 0 aliphatic heterocycles. The third kappa shape index (κ3) is 4.70. The second-order valence-electron chi connectivity index (χ2n) is 6.42. The molecule has 1 N–H and O–H groups in total. The quantitative estimate of drug-likeness (QED) is 0.783. The predicted molar refractivity (Wildman–Crippen MR) is 106 cm³/mol. The van der Waals surface area contributed by atoms with Crippen LogP contribution in [0.4, 0.5) is 5.69 Å². The Morgan fingerprint density at radius 3 is 2.50 bits per heavy atom. The fraction of sp³-hybridized carbons (Fsp3) is 0.389. The number of aryl methyl sites for hydroxylation is 1. The van der Waals surface area contributed by atoms with E-state index < -0.39 is 10.0 Å². The van der Waals surface area contributed by atoms with Crippen LogP contribution in [0.25, 0.3) is 0 Å². The number of nitrogens with zero attached hydrogens (tertiary/aromatic N) is 2. The molecule has 0 saturated heterocycles. The second-order valence-corrected chi connectivity index (χ2v) is 9.57. The van der Waals surface area contributed by atoms with E-state index in [1.807, 2.05) is 24.3 Å². The van der Waals surface area contributed by atoms with Gasteiger partial charge in [0.1, 0.15) is 0 Å². The zero-order valence-electron chi connectivity index (χ0n) is 15.7. The molecule has 0 bridgehead atoms. The lowest BCUT2D eigenvalue weighted by Gasteiger charge is -2.24. The zero-order chi connectivity index (χ0) is 19.5. The Hall–Kier alpha value is -1.74. The summed E-state index contributed by atoms with van der Waals surface area (Å²) in [4.78, 5) is 15.9. The summed E-state index contributed by atoms with van der Waals surface area (Å²) in [6, 6.07) is 8.00. The van der Waals surface area contributed by atoms with E-state index in [1.165, 1.54) is 36.7 Å². The fourth-order valence-corrected chi connectivity index (χ4v) is 4.24. The average Bonchev–Trinajstić information content (AvgIpc) is 2.99. The molecule has 142 valence electrons. The summed E-state index contributed by atoms with van der Waals surface area (Å²) in [5.41, 5.74) is 1.68. The first-order valence-electron chi connectivity index (χ1n) is 8.19. The van der Waals surface area contributed by atoms with E-state index in [2.05, 4.69) is 18.3 Å². The van der Waals surface area contributed by atoms with E-state index in [0.29, 0.717) is 12.2 Å². The molecule has 0 spiro atoms. The largest absolute Gasteiger partial charge is 0.325 e. The van der Waals surface area contributed by atoms with Gasteiger partial charge in [0.15, 0.2) is 0 Å². The summed E-state index contributed by atoms with van der Waals surface area (Å²) in [7, 11) is 1.31. The number of hydrogen-bond donors (Lipinski definition) is 1. The number of nitrogens with one attached hydrogen (secondary N) is 1. The summed E-state index contributed by atoms with van der Waals surface area (Å²) in [6.45, 7) is 4.58. The Labute approximate surface area is 159 Å². The van der Waals surface area contributed by atoms with Crippen LogP contribution in [-0.2, 0) is 21.4 Å². The van der Waals surface area contributed by atoms with E-state index in [9.17, 15) is 13.2 Å². The molecule has 8 heteroatoms. The number of sulfonamides is 1. The van der Waals surface area contributed by atoms with Crippen molar-refractivity contribution in [3.63, 3.8) is 0 Å². The lowest BCUT2D eigenvalue weighted by Crippen LogP contribution is -2.39. The molecule has 6 nitrogen and oxygen atoms in total. The van der Waals surface area contributed by atoms with Crippen LogP contribution in [0.15, 0.2) is 40.6 Å². The SMILES string of the molecule is Cc1ccsc1CN(C)[C@H](C)C(=O)Nc1cccc(S(=O)(=O)N(C)C)c1. The summed E-state index contributed by atoms with van der Waals surface area (Å²) in [6.07, 6.45) is 0. The van der Waals surface area contributed by atoms with Crippen molar-refractivity contribution in [3.05, 3.63) is 46.2 Å². The van der Waals surface area contributed by atoms with Crippen LogP contribution in [0.2, 0.25) is 0 Å². The van der Waals surface area contributed by atoms with Crippen LogP contribution >= 0.6 is 11.3 Å². The molecule has 1 atom stereocenters. The van der Waals surface area contributed by atoms with Gasteiger partial charge in [-0.15, -0.1) is 11.3 Å². The topological polar surface area (TPSA) is 69.7 Å². The number of anilines is 1. The van der Waals surface area contributed by atoms with Gasteiger partial charge in [-0.2, -0.15) is 0 Å². The lowest BCUT2D eigenvalue weighted by molar-refractivity contribution is -0.120. The van der Waals surface area contributed by atoms with Crippen molar-refractivity contribution in [2.45, 2.75) is 31.3 Å². The molecule has 1 heterocycles. The van der Waals surface area contributed by atoms with Crippen molar-refractivity contribution in [2.75, 3.05) is 26.5 Å². The number of benzene rings is 1. The van der Waals surface area contributed by atoms with Crippen LogP contribution < -0.4 is 5.32 Å². The van der Waals surface area contributed by atoms with Crippen LogP contribution in [-0.4, -0.2) is 50.7 Å². The van der Waals surface area contributed by atoms with Crippen LogP contribution in [0, 0.1) is 6.92 Å². The molecule has 1 aromatic heterocycles. The molecule has 0 unspecified atom stereocenters. The molecule has 0 aliphatic rings. The maximum absolute atomic E-state index is 12.6. The predicted octanol–water partition coefficient (Wildman–Crippen LogP) is 2.77. The smallest absolute Gasteiger partial charge is 0.242 e. The highest BCUT2D eigenvalue weighted by molar-refractivity contribution is 7.89. The molecule has 2 aromatic rings. The number of amides is 1. The molecule has 0 fully saturated rings. The first-order valence-corrected chi connectivity index (χ1v) is 10.5. The lowest BCUT2D eigenvalue weighted by atomic mass is 10.2. The van der Waals surface area contributed by atoms with Crippen molar-refractivity contribution in [2.24, 2.45) is 0 Å². The molecule has 2 rings (SSSR count). The summed E-state index contributed by atoms with van der Waals surface area (Å²) < 4.78 is 25.6. The van der Waals surface area contributed by atoms with Crippen molar-refractivity contribution in [1.82, 2.24) is 9.21 Å². The summed E-state index contributed by atoms with van der Waals surface area (Å²) in [5.74, 6) is -0.180. The molecule has 26 heavy (non-hydrogen) atoms. The van der Waals surface area contributed by atoms with Gasteiger partial charge in [0, 0.05) is 31.2 Å². The van der Waals surface area contributed by atoms with Gasteiger partial charge in [0.2, 0.25) is 15.9 Å². The molecule has 0 aliphatic carbocycles. The summed E-state index contributed by atoms with van der Waals surface area (Å²) >= 11 is 1.67. The van der Waals surface area contributed by atoms with Crippen LogP contribution in [0.3, 0.4) is 0 Å². The minimum Gasteiger partial charge on any atom is -0.325 e. The minimum atomic E-state index is -3.54. The maximum Gasteiger partial charge on any atom is 0.242 e. The van der Waals surface area contributed by atoms with Gasteiger partial charge in [-0.3, -0.25) is 9.69 Å². The monoisotopic (exact) mass is 395 g/mol. The van der Waals surface area contributed by atoms with E-state index in [4.69, 9.17) is 0 Å². The molecule has 0 radical (unpaired) electrons. The number of carbonyl (C=O) groups excluding carboxylic acids is 1. The number of rotatable bonds is 7. The molecule has 1 aromatic carbocycles. The van der Waals surface area contributed by atoms with Crippen LogP contribution in [0.5, 0.6) is 0 Å². The molecule has 0 saturated carbocycles. The number of likely N-dealkylation sites (N-methyl/N-ethyl adjacent to an activating group) is 1. The number of hydrogen-bond acceptors (Lipinski definition) is 5. The zero-order valence-corrected chi connectivity index (χ0v) is 17.3. The van der Waals surface area contributed by atoms with Gasteiger partial charge in [-0.05, 0) is 56.1 Å². The molecule has 1 amide bonds. The van der Waals surface area contributed by atoms with Gasteiger partial charge < -0.3 is 5.32 Å². The Kier molecular flexibility index (Phi) is 6.57. The highest BCUT2D eigenvalue weighted by Crippen LogP contribution is 2.20. The van der Waals surface area contributed by atoms with Gasteiger partial charge in [0.25, 0.3) is 0 Å². The Bertz CT molecular complexity index is 875. The Balaban J connectivity index is 2.08. The van der Waals surface area contributed by atoms with Gasteiger partial charge in [0.05, 0.1) is 10.9 Å². The van der Waals surface area contributed by atoms with Crippen LogP contribution in [0.1, 0.15) is 17.4 Å². The maximum atomic E-state index is 12.6. The summed E-state index contributed by atoms with van der Waals surface area (Å²) in [5, 5.41) is 4.85. The Morgan fingerprint density at radius 2 is 1.92 bits per heavy atom. The number of carbonyl (C=O) groups is 1. The first kappa shape index (κ1) is 20.6. The highest BCUT2D eigenvalue weighted by Gasteiger charge is 2.21. The van der Waals surface area contributed by atoms with E-state index in [1.54, 1.807) is 23.5 Å². The minimum absolute atomic E-state index is 0.149. The standard InChI is InChI=1S/C18H25N3O3S2/c1-13-9-10-25-17(13)12-21(5)14(2)18(22)19-15-7-6-8-16(11-15)26(23,24)20(3)4/h6-11,14H,12H2,1-5H3,(H,19,22)/t14-/m1/s1. The highest BCUT2D eigenvalue weighted by atomic mass is 32.2. The van der Waals surface area contributed by atoms with Crippen molar-refractivity contribution in [1.29, 1.82) is 0 Å². The van der Waals surface area contributed by atoms with E-state index >= 15 is 0 Å². The third-order valence-electron chi connectivity index (χ3n) is 4.28. The van der Waals surface area contributed by atoms with E-state index in [-0.39, 0.29) is 16.8 Å². The number of thiophene rings is 1. The van der Waals surface area contributed by atoms with Gasteiger partial charge >= 0.3 is 0 Å². The van der Waals surface area contributed by atoms with Crippen molar-refractivity contribution >= 4 is 33.0 Å². The van der Waals surface area contributed by atoms with Gasteiger partial charge in [-0.25, -0.2) is 12.7 Å². The third-order valence-corrected chi connectivity index (χ3v) is 7.10. The normalized spacial score (nSPS) is 13.2. The second kappa shape index (κ2) is 8.30. The van der Waals surface area contributed by atoms with Crippen molar-refractivity contribution in [3.8, 4) is 0 Å². The van der Waals surface area contributed by atoms with Gasteiger partial charge in [-0.1, -0.05) is 6.07 Å². The van der Waals surface area contributed by atoms with E-state index in [0.717, 1.165) is 4.31 Å². The Morgan fingerprint density at radius 1 is 1.23 bits per heavy atom. The molecular formula is C18H25N3O3S2.